The SMILES string of the molecule is COc1ccc(C(=O)NCC2CCN(CCN(C)C)CC2)c(OCC2CC2)c1. The van der Waals surface area contributed by atoms with Gasteiger partial charge in [0.2, 0.25) is 0 Å². The number of carbonyl (C=O) groups is 1. The summed E-state index contributed by atoms with van der Waals surface area (Å²) in [5.74, 6) is 2.48. The average Bonchev–Trinajstić information content (AvgIpc) is 3.54. The molecule has 1 saturated heterocycles. The minimum atomic E-state index is -0.0523. The molecule has 0 aromatic heterocycles. The van der Waals surface area contributed by atoms with Crippen LogP contribution in [0.15, 0.2) is 18.2 Å². The van der Waals surface area contributed by atoms with Crippen LogP contribution in [0.1, 0.15) is 36.0 Å². The highest BCUT2D eigenvalue weighted by molar-refractivity contribution is 5.97. The number of amides is 1. The Bertz CT molecular complexity index is 638. The van der Waals surface area contributed by atoms with E-state index in [0.29, 0.717) is 35.5 Å². The fourth-order valence-electron chi connectivity index (χ4n) is 3.52. The van der Waals surface area contributed by atoms with Gasteiger partial charge in [-0.1, -0.05) is 0 Å². The smallest absolute Gasteiger partial charge is 0.255 e. The van der Waals surface area contributed by atoms with Crippen molar-refractivity contribution >= 4 is 5.91 Å². The number of ether oxygens (including phenoxy) is 2. The molecule has 6 nitrogen and oxygen atoms in total. The fraction of sp³-hybridized carbons (Fsp3) is 0.682. The second-order valence-electron chi connectivity index (χ2n) is 8.41. The summed E-state index contributed by atoms with van der Waals surface area (Å²) in [5, 5.41) is 3.13. The maximum atomic E-state index is 12.8. The van der Waals surface area contributed by atoms with E-state index < -0.39 is 0 Å². The van der Waals surface area contributed by atoms with E-state index in [9.17, 15) is 4.79 Å². The first-order valence-corrected chi connectivity index (χ1v) is 10.5. The molecule has 1 saturated carbocycles. The molecule has 3 rings (SSSR count). The molecule has 1 aromatic rings. The van der Waals surface area contributed by atoms with Crippen molar-refractivity contribution < 1.29 is 14.3 Å². The van der Waals surface area contributed by atoms with E-state index in [4.69, 9.17) is 9.47 Å². The first kappa shape index (κ1) is 20.9. The predicted molar refractivity (Wildman–Crippen MR) is 111 cm³/mol. The van der Waals surface area contributed by atoms with E-state index in [2.05, 4.69) is 29.2 Å². The van der Waals surface area contributed by atoms with Crippen molar-refractivity contribution in [1.82, 2.24) is 15.1 Å². The van der Waals surface area contributed by atoms with Crippen molar-refractivity contribution in [2.45, 2.75) is 25.7 Å². The van der Waals surface area contributed by atoms with E-state index in [-0.39, 0.29) is 5.91 Å². The number of carbonyl (C=O) groups excluding carboxylic acids is 1. The van der Waals surface area contributed by atoms with Gasteiger partial charge in [0, 0.05) is 25.7 Å². The van der Waals surface area contributed by atoms with Gasteiger partial charge in [-0.15, -0.1) is 0 Å². The maximum absolute atomic E-state index is 12.8. The molecule has 1 aromatic carbocycles. The number of likely N-dealkylation sites (N-methyl/N-ethyl adjacent to an activating group) is 1. The van der Waals surface area contributed by atoms with Gasteiger partial charge in [-0.05, 0) is 76.8 Å². The van der Waals surface area contributed by atoms with Gasteiger partial charge in [-0.25, -0.2) is 0 Å². The van der Waals surface area contributed by atoms with Gasteiger partial charge >= 0.3 is 0 Å². The van der Waals surface area contributed by atoms with Crippen molar-refractivity contribution in [3.8, 4) is 11.5 Å². The minimum absolute atomic E-state index is 0.0523. The summed E-state index contributed by atoms with van der Waals surface area (Å²) in [6, 6.07) is 5.45. The molecule has 0 unspecified atom stereocenters. The highest BCUT2D eigenvalue weighted by atomic mass is 16.5. The topological polar surface area (TPSA) is 54.0 Å². The molecule has 2 fully saturated rings. The Labute approximate surface area is 169 Å². The van der Waals surface area contributed by atoms with Gasteiger partial charge in [0.05, 0.1) is 19.3 Å². The van der Waals surface area contributed by atoms with E-state index in [1.165, 1.54) is 12.8 Å². The van der Waals surface area contributed by atoms with Crippen LogP contribution in [0.3, 0.4) is 0 Å². The number of methoxy groups -OCH3 is 1. The lowest BCUT2D eigenvalue weighted by atomic mass is 9.96. The van der Waals surface area contributed by atoms with Crippen molar-refractivity contribution in [1.29, 1.82) is 0 Å². The fourth-order valence-corrected chi connectivity index (χ4v) is 3.52. The summed E-state index contributed by atoms with van der Waals surface area (Å²) >= 11 is 0. The number of piperidine rings is 1. The third-order valence-corrected chi connectivity index (χ3v) is 5.73. The van der Waals surface area contributed by atoms with Crippen LogP contribution in [0.2, 0.25) is 0 Å². The number of nitrogens with one attached hydrogen (secondary N) is 1. The van der Waals surface area contributed by atoms with Crippen LogP contribution < -0.4 is 14.8 Å². The van der Waals surface area contributed by atoms with E-state index in [1.807, 2.05) is 12.1 Å². The number of benzene rings is 1. The summed E-state index contributed by atoms with van der Waals surface area (Å²) in [4.78, 5) is 17.5. The van der Waals surface area contributed by atoms with E-state index >= 15 is 0 Å². The van der Waals surface area contributed by atoms with E-state index in [1.54, 1.807) is 13.2 Å². The van der Waals surface area contributed by atoms with Gasteiger partial charge in [0.15, 0.2) is 0 Å². The van der Waals surface area contributed by atoms with Crippen molar-refractivity contribution in [2.75, 3.05) is 60.5 Å². The molecule has 0 bridgehead atoms. The monoisotopic (exact) mass is 389 g/mol. The first-order valence-electron chi connectivity index (χ1n) is 10.5. The van der Waals surface area contributed by atoms with Crippen LogP contribution in [0.25, 0.3) is 0 Å². The van der Waals surface area contributed by atoms with Crippen LogP contribution >= 0.6 is 0 Å². The zero-order chi connectivity index (χ0) is 19.9. The second kappa shape index (κ2) is 10.1. The average molecular weight is 390 g/mol. The largest absolute Gasteiger partial charge is 0.497 e. The predicted octanol–water partition coefficient (Wildman–Crippen LogP) is 2.49. The van der Waals surface area contributed by atoms with Crippen molar-refractivity contribution in [3.05, 3.63) is 23.8 Å². The summed E-state index contributed by atoms with van der Waals surface area (Å²) in [6.45, 7) is 5.87. The van der Waals surface area contributed by atoms with Crippen LogP contribution in [0.4, 0.5) is 0 Å². The van der Waals surface area contributed by atoms with Crippen molar-refractivity contribution in [2.24, 2.45) is 11.8 Å². The lowest BCUT2D eigenvalue weighted by molar-refractivity contribution is 0.0930. The summed E-state index contributed by atoms with van der Waals surface area (Å²) in [7, 11) is 5.86. The Hall–Kier alpha value is -1.79. The third kappa shape index (κ3) is 6.38. The van der Waals surface area contributed by atoms with Gasteiger partial charge < -0.3 is 24.6 Å². The Balaban J connectivity index is 1.48. The quantitative estimate of drug-likeness (QED) is 0.666. The number of hydrogen-bond donors (Lipinski definition) is 1. The van der Waals surface area contributed by atoms with E-state index in [0.717, 1.165) is 45.6 Å². The van der Waals surface area contributed by atoms with Gasteiger partial charge in [0.1, 0.15) is 11.5 Å². The van der Waals surface area contributed by atoms with Crippen LogP contribution in [-0.4, -0.2) is 76.2 Å². The third-order valence-electron chi connectivity index (χ3n) is 5.73. The zero-order valence-electron chi connectivity index (χ0n) is 17.6. The molecule has 28 heavy (non-hydrogen) atoms. The number of rotatable bonds is 10. The Morgan fingerprint density at radius 2 is 1.93 bits per heavy atom. The molecular weight excluding hydrogens is 354 g/mol. The molecular formula is C22H35N3O3. The highest BCUT2D eigenvalue weighted by Crippen LogP contribution is 2.31. The minimum Gasteiger partial charge on any atom is -0.497 e. The summed E-state index contributed by atoms with van der Waals surface area (Å²) in [6.07, 6.45) is 4.72. The maximum Gasteiger partial charge on any atom is 0.255 e. The van der Waals surface area contributed by atoms with Crippen molar-refractivity contribution in [3.63, 3.8) is 0 Å². The van der Waals surface area contributed by atoms with Gasteiger partial charge in [-0.2, -0.15) is 0 Å². The molecule has 1 N–H and O–H groups in total. The molecule has 0 radical (unpaired) electrons. The molecule has 1 amide bonds. The lowest BCUT2D eigenvalue weighted by Crippen LogP contribution is -2.41. The Kier molecular flexibility index (Phi) is 7.57. The molecule has 0 spiro atoms. The number of hydrogen-bond acceptors (Lipinski definition) is 5. The Morgan fingerprint density at radius 1 is 1.18 bits per heavy atom. The van der Waals surface area contributed by atoms with Gasteiger partial charge in [0.25, 0.3) is 5.91 Å². The molecule has 0 atom stereocenters. The highest BCUT2D eigenvalue weighted by Gasteiger charge is 2.24. The summed E-state index contributed by atoms with van der Waals surface area (Å²) < 4.78 is 11.2. The number of likely N-dealkylation sites (tertiary alicyclic amines) is 1. The molecule has 6 heteroatoms. The molecule has 1 aliphatic carbocycles. The summed E-state index contributed by atoms with van der Waals surface area (Å²) in [5.41, 5.74) is 0.602. The van der Waals surface area contributed by atoms with Crippen LogP contribution in [0.5, 0.6) is 11.5 Å². The zero-order valence-corrected chi connectivity index (χ0v) is 17.6. The van der Waals surface area contributed by atoms with Crippen LogP contribution in [-0.2, 0) is 0 Å². The standard InChI is InChI=1S/C22H35N3O3/c1-24(2)12-13-25-10-8-17(9-11-25)15-23-22(26)20-7-6-19(27-3)14-21(20)28-16-18-4-5-18/h6-7,14,17-18H,4-5,8-13,15-16H2,1-3H3,(H,23,26). The first-order chi connectivity index (χ1) is 13.5. The molecule has 2 aliphatic rings. The molecule has 1 heterocycles. The number of nitrogens with zero attached hydrogens (tertiary/aromatic N) is 2. The Morgan fingerprint density at radius 3 is 2.57 bits per heavy atom. The van der Waals surface area contributed by atoms with Gasteiger partial charge in [-0.3, -0.25) is 4.79 Å². The second-order valence-corrected chi connectivity index (χ2v) is 8.41. The lowest BCUT2D eigenvalue weighted by Gasteiger charge is -2.32. The molecule has 1 aliphatic heterocycles. The molecule has 156 valence electrons. The van der Waals surface area contributed by atoms with Crippen LogP contribution in [0, 0.1) is 11.8 Å². The normalized spacial score (nSPS) is 18.3.